The van der Waals surface area contributed by atoms with Gasteiger partial charge in [-0.15, -0.1) is 0 Å². The molecule has 0 aromatic carbocycles. The maximum absolute atomic E-state index is 11.8. The summed E-state index contributed by atoms with van der Waals surface area (Å²) in [5.74, 6) is -2.19. The van der Waals surface area contributed by atoms with Gasteiger partial charge in [0.15, 0.2) is 0 Å². The van der Waals surface area contributed by atoms with E-state index in [0.29, 0.717) is 6.42 Å². The van der Waals surface area contributed by atoms with E-state index in [1.807, 2.05) is 0 Å². The monoisotopic (exact) mass is 361 g/mol. The second kappa shape index (κ2) is 11.8. The molecule has 0 unspecified atom stereocenters. The molecule has 9 nitrogen and oxygen atoms in total. The molecule has 0 spiro atoms. The van der Waals surface area contributed by atoms with Crippen LogP contribution in [0.15, 0.2) is 0 Å². The van der Waals surface area contributed by atoms with Gasteiger partial charge in [-0.1, -0.05) is 39.0 Å². The average molecular weight is 361 g/mol. The number of unbranched alkanes of at least 4 members (excludes halogenated alkanes) is 5. The fourth-order valence-corrected chi connectivity index (χ4v) is 2.09. The third-order valence-electron chi connectivity index (χ3n) is 3.30. The van der Waals surface area contributed by atoms with E-state index in [1.165, 1.54) is 0 Å². The molecule has 5 N–H and O–H groups in total. The predicted molar refractivity (Wildman–Crippen MR) is 91.2 cm³/mol. The van der Waals surface area contributed by atoms with Crippen LogP contribution in [-0.4, -0.2) is 56.8 Å². The van der Waals surface area contributed by atoms with Gasteiger partial charge in [-0.3, -0.25) is 25.2 Å². The predicted octanol–water partition coefficient (Wildman–Crippen LogP) is 0.630. The van der Waals surface area contributed by atoms with Crippen LogP contribution in [0.5, 0.6) is 0 Å². The molecule has 0 aliphatic carbocycles. The first kappa shape index (κ1) is 23.3. The van der Waals surface area contributed by atoms with E-state index in [4.69, 9.17) is 10.1 Å². The van der Waals surface area contributed by atoms with E-state index >= 15 is 0 Å². The van der Waals surface area contributed by atoms with E-state index in [-0.39, 0.29) is 11.3 Å². The molecule has 0 saturated heterocycles. The van der Waals surface area contributed by atoms with E-state index in [9.17, 15) is 24.9 Å². The molecule has 0 heterocycles. The van der Waals surface area contributed by atoms with Crippen molar-refractivity contribution in [3.05, 3.63) is 0 Å². The molecule has 25 heavy (non-hydrogen) atoms. The Hall–Kier alpha value is -1.71. The molecule has 1 amide bonds. The van der Waals surface area contributed by atoms with Gasteiger partial charge in [-0.05, 0) is 20.3 Å². The zero-order valence-corrected chi connectivity index (χ0v) is 15.2. The first-order chi connectivity index (χ1) is 11.6. The number of aliphatic hydroxyl groups is 3. The Morgan fingerprint density at radius 3 is 2.20 bits per heavy atom. The van der Waals surface area contributed by atoms with Crippen molar-refractivity contribution in [1.29, 1.82) is 5.41 Å². The van der Waals surface area contributed by atoms with Crippen molar-refractivity contribution >= 4 is 17.8 Å². The van der Waals surface area contributed by atoms with Gasteiger partial charge in [-0.25, -0.2) is 0 Å². The summed E-state index contributed by atoms with van der Waals surface area (Å²) in [7, 11) is 0. The molecule has 146 valence electrons. The molecule has 0 rings (SSSR count). The molecule has 0 atom stereocenters. The summed E-state index contributed by atoms with van der Waals surface area (Å²) in [6.07, 6.45) is 2.20. The minimum atomic E-state index is -3.47. The number of guanidine groups is 1. The molecule has 0 bridgehead atoms. The first-order valence-corrected chi connectivity index (χ1v) is 8.60. The van der Waals surface area contributed by atoms with Crippen molar-refractivity contribution in [3.8, 4) is 0 Å². The van der Waals surface area contributed by atoms with Crippen LogP contribution >= 0.6 is 0 Å². The Balaban J connectivity index is 4.42. The van der Waals surface area contributed by atoms with Gasteiger partial charge in [0.05, 0.1) is 6.10 Å². The lowest BCUT2D eigenvalue weighted by atomic mass is 10.1. The minimum Gasteiger partial charge on any atom is -0.462 e. The summed E-state index contributed by atoms with van der Waals surface area (Å²) in [6, 6.07) is 0. The van der Waals surface area contributed by atoms with Gasteiger partial charge in [-0.2, -0.15) is 0 Å². The fourth-order valence-electron chi connectivity index (χ4n) is 2.09. The van der Waals surface area contributed by atoms with Crippen LogP contribution in [-0.2, 0) is 14.3 Å². The van der Waals surface area contributed by atoms with Crippen molar-refractivity contribution < 1.29 is 29.6 Å². The van der Waals surface area contributed by atoms with Crippen molar-refractivity contribution in [2.75, 3.05) is 6.54 Å². The number of hydrogen-bond acceptors (Lipinski definition) is 7. The van der Waals surface area contributed by atoms with Crippen molar-refractivity contribution in [2.45, 2.75) is 77.9 Å². The first-order valence-electron chi connectivity index (χ1n) is 8.60. The minimum absolute atomic E-state index is 0.161. The van der Waals surface area contributed by atoms with E-state index in [0.717, 1.165) is 32.1 Å². The van der Waals surface area contributed by atoms with Crippen LogP contribution in [0.25, 0.3) is 0 Å². The number of amides is 1. The SMILES string of the molecule is CCCCCCCCC(=O)NC(=N)N(CC(=O)OC(C)C)C(O)(O)O. The van der Waals surface area contributed by atoms with Gasteiger partial charge in [0.25, 0.3) is 0 Å². The van der Waals surface area contributed by atoms with Gasteiger partial charge in [0.2, 0.25) is 11.9 Å². The summed E-state index contributed by atoms with van der Waals surface area (Å²) in [5, 5.41) is 37.6. The third kappa shape index (κ3) is 11.5. The number of nitrogens with one attached hydrogen (secondary N) is 2. The highest BCUT2D eigenvalue weighted by Crippen LogP contribution is 2.08. The molecular formula is C16H31N3O6. The van der Waals surface area contributed by atoms with Gasteiger partial charge < -0.3 is 20.1 Å². The van der Waals surface area contributed by atoms with E-state index < -0.39 is 36.6 Å². The summed E-state index contributed by atoms with van der Waals surface area (Å²) in [6.45, 7) is 4.50. The van der Waals surface area contributed by atoms with Gasteiger partial charge in [0, 0.05) is 6.42 Å². The maximum atomic E-state index is 11.8. The summed E-state index contributed by atoms with van der Waals surface area (Å²) < 4.78 is 4.82. The highest BCUT2D eigenvalue weighted by Gasteiger charge is 2.34. The highest BCUT2D eigenvalue weighted by atomic mass is 16.7. The average Bonchev–Trinajstić information content (AvgIpc) is 2.46. The number of carbonyl (C=O) groups excluding carboxylic acids is 2. The summed E-state index contributed by atoms with van der Waals surface area (Å²) in [5.41, 5.74) is 0. The lowest BCUT2D eigenvalue weighted by Crippen LogP contribution is -2.58. The summed E-state index contributed by atoms with van der Waals surface area (Å²) >= 11 is 0. The third-order valence-corrected chi connectivity index (χ3v) is 3.30. The van der Waals surface area contributed by atoms with Gasteiger partial charge in [0.1, 0.15) is 6.54 Å². The molecule has 0 radical (unpaired) electrons. The fraction of sp³-hybridized carbons (Fsp3) is 0.812. The Kier molecular flexibility index (Phi) is 11.0. The van der Waals surface area contributed by atoms with Crippen LogP contribution in [0.1, 0.15) is 65.7 Å². The molecule has 0 aromatic rings. The zero-order valence-electron chi connectivity index (χ0n) is 15.2. The molecule has 0 aromatic heterocycles. The van der Waals surface area contributed by atoms with Crippen molar-refractivity contribution in [3.63, 3.8) is 0 Å². The molecule has 0 fully saturated rings. The Morgan fingerprint density at radius 1 is 1.12 bits per heavy atom. The van der Waals surface area contributed by atoms with Crippen molar-refractivity contribution in [2.24, 2.45) is 0 Å². The summed E-state index contributed by atoms with van der Waals surface area (Å²) in [4.78, 5) is 23.6. The Labute approximate surface area is 148 Å². The van der Waals surface area contributed by atoms with Crippen LogP contribution in [0.2, 0.25) is 0 Å². The van der Waals surface area contributed by atoms with E-state index in [1.54, 1.807) is 13.8 Å². The number of hydrogen-bond donors (Lipinski definition) is 5. The molecule has 9 heteroatoms. The second-order valence-electron chi connectivity index (χ2n) is 6.14. The number of carbonyl (C=O) groups is 2. The molecule has 0 aliphatic rings. The Bertz CT molecular complexity index is 434. The highest BCUT2D eigenvalue weighted by molar-refractivity contribution is 5.96. The quantitative estimate of drug-likeness (QED) is 0.119. The number of esters is 1. The van der Waals surface area contributed by atoms with Crippen LogP contribution in [0.4, 0.5) is 0 Å². The number of rotatable bonds is 11. The Morgan fingerprint density at radius 2 is 1.68 bits per heavy atom. The standard InChI is InChI=1S/C16H31N3O6/c1-4-5-6-7-8-9-10-13(20)18-15(17)19(16(22,23)24)11-14(21)25-12(2)3/h12,22-24H,4-11H2,1-3H3,(H2,17,18,20). The number of nitrogens with zero attached hydrogens (tertiary/aromatic N) is 1. The maximum Gasteiger partial charge on any atom is 0.372 e. The van der Waals surface area contributed by atoms with Crippen LogP contribution in [0.3, 0.4) is 0 Å². The van der Waals surface area contributed by atoms with Crippen LogP contribution in [0, 0.1) is 5.41 Å². The largest absolute Gasteiger partial charge is 0.462 e. The lowest BCUT2D eigenvalue weighted by Gasteiger charge is -2.31. The number of ether oxygens (including phenoxy) is 1. The smallest absolute Gasteiger partial charge is 0.372 e. The van der Waals surface area contributed by atoms with E-state index in [2.05, 4.69) is 12.2 Å². The topological polar surface area (TPSA) is 143 Å². The molecule has 0 aliphatic heterocycles. The normalized spacial score (nSPS) is 11.3. The lowest BCUT2D eigenvalue weighted by molar-refractivity contribution is -0.374. The molecular weight excluding hydrogens is 330 g/mol. The van der Waals surface area contributed by atoms with Crippen molar-refractivity contribution in [1.82, 2.24) is 10.2 Å². The molecule has 0 saturated carbocycles. The zero-order chi connectivity index (χ0) is 19.5. The van der Waals surface area contributed by atoms with Gasteiger partial charge >= 0.3 is 12.1 Å². The second-order valence-corrected chi connectivity index (χ2v) is 6.14. The van der Waals surface area contributed by atoms with Crippen LogP contribution < -0.4 is 5.32 Å².